The predicted octanol–water partition coefficient (Wildman–Crippen LogP) is 3.04. The van der Waals surface area contributed by atoms with E-state index >= 15 is 0 Å². The number of rotatable bonds is 4. The summed E-state index contributed by atoms with van der Waals surface area (Å²) in [5, 5.41) is 0. The standard InChI is InChI=1S/C8H17/c1-4-6-7-8(3)5-2/h5,8H,4,6-7H2,1-3H3. The Labute approximate surface area is 53.3 Å². The molecule has 0 bridgehead atoms. The molecule has 0 nitrogen and oxygen atoms in total. The topological polar surface area (TPSA) is 0 Å². The quantitative estimate of drug-likeness (QED) is 0.525. The van der Waals surface area contributed by atoms with Gasteiger partial charge in [0.25, 0.3) is 0 Å². The molecule has 0 fully saturated rings. The summed E-state index contributed by atoms with van der Waals surface area (Å²) in [5.41, 5.74) is 0. The molecule has 0 heteroatoms. The maximum Gasteiger partial charge on any atom is -0.0389 e. The van der Waals surface area contributed by atoms with Crippen LogP contribution in [0.5, 0.6) is 0 Å². The van der Waals surface area contributed by atoms with Crippen LogP contribution in [-0.4, -0.2) is 0 Å². The second-order valence-corrected chi connectivity index (χ2v) is 2.45. The Bertz CT molecular complexity index is 39.3. The Morgan fingerprint density at radius 3 is 2.50 bits per heavy atom. The van der Waals surface area contributed by atoms with Crippen molar-refractivity contribution in [1.29, 1.82) is 0 Å². The normalized spacial score (nSPS) is 13.9. The fraction of sp³-hybridized carbons (Fsp3) is 0.875. The van der Waals surface area contributed by atoms with Gasteiger partial charge in [-0.15, -0.1) is 0 Å². The first-order valence-corrected chi connectivity index (χ1v) is 3.60. The van der Waals surface area contributed by atoms with Crippen molar-refractivity contribution in [3.63, 3.8) is 0 Å². The fourth-order valence-electron chi connectivity index (χ4n) is 0.693. The Hall–Kier alpha value is 0. The predicted molar refractivity (Wildman–Crippen MR) is 38.7 cm³/mol. The maximum atomic E-state index is 2.27. The lowest BCUT2D eigenvalue weighted by molar-refractivity contribution is 0.567. The van der Waals surface area contributed by atoms with Crippen molar-refractivity contribution in [3.05, 3.63) is 6.42 Å². The van der Waals surface area contributed by atoms with Crippen LogP contribution in [0.4, 0.5) is 0 Å². The molecule has 0 aromatic rings. The zero-order valence-corrected chi connectivity index (χ0v) is 6.28. The highest BCUT2D eigenvalue weighted by molar-refractivity contribution is 4.65. The lowest BCUT2D eigenvalue weighted by Gasteiger charge is -2.04. The molecule has 1 unspecified atom stereocenters. The van der Waals surface area contributed by atoms with E-state index in [0.717, 1.165) is 5.92 Å². The Balaban J connectivity index is 2.86. The van der Waals surface area contributed by atoms with Gasteiger partial charge in [-0.1, -0.05) is 40.0 Å². The molecule has 0 aliphatic carbocycles. The second-order valence-electron chi connectivity index (χ2n) is 2.45. The van der Waals surface area contributed by atoms with Crippen LogP contribution in [-0.2, 0) is 0 Å². The van der Waals surface area contributed by atoms with Crippen molar-refractivity contribution in [2.24, 2.45) is 5.92 Å². The van der Waals surface area contributed by atoms with Gasteiger partial charge in [0.1, 0.15) is 0 Å². The van der Waals surface area contributed by atoms with E-state index in [1.807, 2.05) is 0 Å². The molecule has 49 valence electrons. The molecule has 0 N–H and O–H groups in total. The molecule has 1 atom stereocenters. The molecule has 0 rings (SSSR count). The summed E-state index contributed by atoms with van der Waals surface area (Å²) in [4.78, 5) is 0. The van der Waals surface area contributed by atoms with Gasteiger partial charge in [0, 0.05) is 0 Å². The van der Waals surface area contributed by atoms with E-state index in [1.165, 1.54) is 19.3 Å². The fourth-order valence-corrected chi connectivity index (χ4v) is 0.693. The third kappa shape index (κ3) is 4.17. The summed E-state index contributed by atoms with van der Waals surface area (Å²) in [5.74, 6) is 0.829. The average Bonchev–Trinajstić information content (AvgIpc) is 1.83. The van der Waals surface area contributed by atoms with Crippen LogP contribution >= 0.6 is 0 Å². The van der Waals surface area contributed by atoms with Crippen LogP contribution < -0.4 is 0 Å². The molecule has 1 radical (unpaired) electrons. The monoisotopic (exact) mass is 113 g/mol. The first-order chi connectivity index (χ1) is 3.81. The van der Waals surface area contributed by atoms with E-state index in [4.69, 9.17) is 0 Å². The molecule has 0 aromatic heterocycles. The van der Waals surface area contributed by atoms with Crippen molar-refractivity contribution in [2.45, 2.75) is 40.0 Å². The van der Waals surface area contributed by atoms with E-state index in [-0.39, 0.29) is 0 Å². The van der Waals surface area contributed by atoms with Crippen molar-refractivity contribution >= 4 is 0 Å². The molecule has 0 saturated heterocycles. The highest BCUT2D eigenvalue weighted by Gasteiger charge is 1.94. The van der Waals surface area contributed by atoms with Crippen LogP contribution in [0, 0.1) is 12.3 Å². The smallest absolute Gasteiger partial charge is 0.0389 e. The van der Waals surface area contributed by atoms with Crippen LogP contribution in [0.2, 0.25) is 0 Å². The Kier molecular flexibility index (Phi) is 5.14. The highest BCUT2D eigenvalue weighted by atomic mass is 14.0. The van der Waals surface area contributed by atoms with Crippen LogP contribution in [0.1, 0.15) is 40.0 Å². The zero-order valence-electron chi connectivity index (χ0n) is 6.28. The van der Waals surface area contributed by atoms with Gasteiger partial charge in [-0.25, -0.2) is 0 Å². The summed E-state index contributed by atoms with van der Waals surface area (Å²) in [6.07, 6.45) is 6.35. The minimum Gasteiger partial charge on any atom is -0.0654 e. The highest BCUT2D eigenvalue weighted by Crippen LogP contribution is 2.08. The molecular formula is C8H17. The van der Waals surface area contributed by atoms with Crippen molar-refractivity contribution < 1.29 is 0 Å². The van der Waals surface area contributed by atoms with E-state index in [1.54, 1.807) is 0 Å². The van der Waals surface area contributed by atoms with Crippen molar-refractivity contribution in [3.8, 4) is 0 Å². The Morgan fingerprint density at radius 2 is 2.12 bits per heavy atom. The summed E-state index contributed by atoms with van der Waals surface area (Å²) >= 11 is 0. The van der Waals surface area contributed by atoms with E-state index in [9.17, 15) is 0 Å². The molecule has 0 spiro atoms. The van der Waals surface area contributed by atoms with Crippen LogP contribution in [0.25, 0.3) is 0 Å². The molecule has 0 amide bonds. The van der Waals surface area contributed by atoms with Gasteiger partial charge in [-0.05, 0) is 12.3 Å². The van der Waals surface area contributed by atoms with Crippen molar-refractivity contribution in [1.82, 2.24) is 0 Å². The number of unbranched alkanes of at least 4 members (excludes halogenated alkanes) is 1. The van der Waals surface area contributed by atoms with E-state index in [2.05, 4.69) is 27.2 Å². The van der Waals surface area contributed by atoms with E-state index < -0.39 is 0 Å². The van der Waals surface area contributed by atoms with Gasteiger partial charge in [0.05, 0.1) is 0 Å². The summed E-state index contributed by atoms with van der Waals surface area (Å²) < 4.78 is 0. The van der Waals surface area contributed by atoms with Gasteiger partial charge >= 0.3 is 0 Å². The molecule has 0 saturated carbocycles. The summed E-state index contributed by atoms with van der Waals surface area (Å²) in [6, 6.07) is 0. The summed E-state index contributed by atoms with van der Waals surface area (Å²) in [7, 11) is 0. The summed E-state index contributed by atoms with van der Waals surface area (Å²) in [6.45, 7) is 6.65. The molecule has 0 heterocycles. The molecule has 0 aromatic carbocycles. The van der Waals surface area contributed by atoms with Gasteiger partial charge in [-0.2, -0.15) is 0 Å². The first kappa shape index (κ1) is 8.00. The first-order valence-electron chi connectivity index (χ1n) is 3.60. The van der Waals surface area contributed by atoms with Gasteiger partial charge in [0.2, 0.25) is 0 Å². The number of hydrogen-bond donors (Lipinski definition) is 0. The lowest BCUT2D eigenvalue weighted by Crippen LogP contribution is -1.90. The Morgan fingerprint density at radius 1 is 1.50 bits per heavy atom. The van der Waals surface area contributed by atoms with Gasteiger partial charge in [0.15, 0.2) is 0 Å². The van der Waals surface area contributed by atoms with Gasteiger partial charge < -0.3 is 0 Å². The second kappa shape index (κ2) is 5.14. The average molecular weight is 113 g/mol. The zero-order chi connectivity index (χ0) is 6.41. The molecule has 0 aliphatic heterocycles. The third-order valence-electron chi connectivity index (χ3n) is 1.58. The molecule has 0 aliphatic rings. The lowest BCUT2D eigenvalue weighted by atomic mass is 10.0. The molecule has 8 heavy (non-hydrogen) atoms. The van der Waals surface area contributed by atoms with Crippen molar-refractivity contribution in [2.75, 3.05) is 0 Å². The largest absolute Gasteiger partial charge is 0.0654 e. The van der Waals surface area contributed by atoms with E-state index in [0.29, 0.717) is 0 Å². The molecular weight excluding hydrogens is 96.1 g/mol. The minimum atomic E-state index is 0.829. The minimum absolute atomic E-state index is 0.829. The third-order valence-corrected chi connectivity index (χ3v) is 1.58. The SMILES string of the molecule is C[CH]C(C)CCCC. The van der Waals surface area contributed by atoms with Crippen LogP contribution in [0.3, 0.4) is 0 Å². The number of hydrogen-bond acceptors (Lipinski definition) is 0. The maximum absolute atomic E-state index is 2.27. The van der Waals surface area contributed by atoms with Crippen LogP contribution in [0.15, 0.2) is 0 Å². The van der Waals surface area contributed by atoms with Gasteiger partial charge in [-0.3, -0.25) is 0 Å².